The largest absolute Gasteiger partial charge is 0.459 e. The number of hydrogen-bond donors (Lipinski definition) is 1. The minimum Gasteiger partial charge on any atom is -0.459 e. The summed E-state index contributed by atoms with van der Waals surface area (Å²) in [5.74, 6) is 0.901. The Balaban J connectivity index is 1.78. The highest BCUT2D eigenvalue weighted by Crippen LogP contribution is 2.24. The third-order valence-corrected chi connectivity index (χ3v) is 3.37. The SMILES string of the molecule is Cc1ccc(NCc2cc3ccccc3o2)c(Cl)c1. The summed E-state index contributed by atoms with van der Waals surface area (Å²) >= 11 is 6.18. The van der Waals surface area contributed by atoms with E-state index in [9.17, 15) is 0 Å². The molecule has 0 spiro atoms. The highest BCUT2D eigenvalue weighted by atomic mass is 35.5. The van der Waals surface area contributed by atoms with Crippen LogP contribution in [0.3, 0.4) is 0 Å². The minimum absolute atomic E-state index is 0.622. The molecule has 0 atom stereocenters. The number of fused-ring (bicyclic) bond motifs is 1. The highest BCUT2D eigenvalue weighted by molar-refractivity contribution is 6.33. The number of para-hydroxylation sites is 1. The zero-order valence-electron chi connectivity index (χ0n) is 10.6. The molecule has 1 aromatic heterocycles. The van der Waals surface area contributed by atoms with Gasteiger partial charge in [0.2, 0.25) is 0 Å². The quantitative estimate of drug-likeness (QED) is 0.725. The lowest BCUT2D eigenvalue weighted by Crippen LogP contribution is -1.98. The van der Waals surface area contributed by atoms with Gasteiger partial charge >= 0.3 is 0 Å². The van der Waals surface area contributed by atoms with Crippen LogP contribution in [-0.2, 0) is 6.54 Å². The second kappa shape index (κ2) is 4.98. The van der Waals surface area contributed by atoms with Gasteiger partial charge in [0.15, 0.2) is 0 Å². The average molecular weight is 272 g/mol. The van der Waals surface area contributed by atoms with Crippen molar-refractivity contribution in [3.8, 4) is 0 Å². The molecular formula is C16H14ClNO. The smallest absolute Gasteiger partial charge is 0.134 e. The monoisotopic (exact) mass is 271 g/mol. The van der Waals surface area contributed by atoms with E-state index in [2.05, 4.69) is 5.32 Å². The summed E-state index contributed by atoms with van der Waals surface area (Å²) in [6.45, 7) is 2.65. The van der Waals surface area contributed by atoms with E-state index >= 15 is 0 Å². The van der Waals surface area contributed by atoms with Crippen LogP contribution in [0, 0.1) is 6.92 Å². The molecule has 0 saturated carbocycles. The van der Waals surface area contributed by atoms with Crippen LogP contribution in [0.2, 0.25) is 5.02 Å². The molecule has 2 aromatic carbocycles. The summed E-state index contributed by atoms with van der Waals surface area (Å²) < 4.78 is 5.75. The van der Waals surface area contributed by atoms with Gasteiger partial charge in [0.1, 0.15) is 11.3 Å². The summed E-state index contributed by atoms with van der Waals surface area (Å²) in [4.78, 5) is 0. The fourth-order valence-electron chi connectivity index (χ4n) is 2.07. The normalized spacial score (nSPS) is 10.8. The van der Waals surface area contributed by atoms with Gasteiger partial charge in [0, 0.05) is 5.39 Å². The van der Waals surface area contributed by atoms with Crippen molar-refractivity contribution >= 4 is 28.3 Å². The molecule has 0 fully saturated rings. The fraction of sp³-hybridized carbons (Fsp3) is 0.125. The van der Waals surface area contributed by atoms with E-state index in [0.717, 1.165) is 33.0 Å². The van der Waals surface area contributed by atoms with Crippen molar-refractivity contribution in [1.29, 1.82) is 0 Å². The van der Waals surface area contributed by atoms with Crippen LogP contribution in [0.15, 0.2) is 52.9 Å². The lowest BCUT2D eigenvalue weighted by molar-refractivity contribution is 0.559. The first-order chi connectivity index (χ1) is 9.22. The maximum Gasteiger partial charge on any atom is 0.134 e. The number of anilines is 1. The van der Waals surface area contributed by atoms with Gasteiger partial charge in [-0.25, -0.2) is 0 Å². The van der Waals surface area contributed by atoms with Crippen molar-refractivity contribution in [1.82, 2.24) is 0 Å². The summed E-state index contributed by atoms with van der Waals surface area (Å²) in [6.07, 6.45) is 0. The van der Waals surface area contributed by atoms with Gasteiger partial charge in [-0.2, -0.15) is 0 Å². The molecule has 2 nitrogen and oxygen atoms in total. The highest BCUT2D eigenvalue weighted by Gasteiger charge is 2.04. The molecule has 3 aromatic rings. The molecule has 3 heteroatoms. The molecule has 96 valence electrons. The average Bonchev–Trinajstić information content (AvgIpc) is 2.80. The minimum atomic E-state index is 0.622. The van der Waals surface area contributed by atoms with Gasteiger partial charge in [-0.3, -0.25) is 0 Å². The van der Waals surface area contributed by atoms with E-state index in [0.29, 0.717) is 6.54 Å². The van der Waals surface area contributed by atoms with Gasteiger partial charge < -0.3 is 9.73 Å². The van der Waals surface area contributed by atoms with Crippen LogP contribution in [0.1, 0.15) is 11.3 Å². The van der Waals surface area contributed by atoms with Crippen molar-refractivity contribution in [2.24, 2.45) is 0 Å². The topological polar surface area (TPSA) is 25.2 Å². The Morgan fingerprint density at radius 2 is 1.95 bits per heavy atom. The number of nitrogens with one attached hydrogen (secondary N) is 1. The molecule has 1 heterocycles. The predicted molar refractivity (Wildman–Crippen MR) is 79.7 cm³/mol. The zero-order valence-corrected chi connectivity index (χ0v) is 11.4. The number of hydrogen-bond acceptors (Lipinski definition) is 2. The maximum atomic E-state index is 6.18. The Morgan fingerprint density at radius 3 is 2.74 bits per heavy atom. The molecule has 0 aliphatic carbocycles. The van der Waals surface area contributed by atoms with Gasteiger partial charge in [0.05, 0.1) is 17.3 Å². The molecular weight excluding hydrogens is 258 g/mol. The zero-order chi connectivity index (χ0) is 13.2. The molecule has 19 heavy (non-hydrogen) atoms. The summed E-state index contributed by atoms with van der Waals surface area (Å²) in [5.41, 5.74) is 2.99. The second-order valence-corrected chi connectivity index (χ2v) is 4.99. The first-order valence-electron chi connectivity index (χ1n) is 6.20. The van der Waals surface area contributed by atoms with E-state index in [1.165, 1.54) is 0 Å². The van der Waals surface area contributed by atoms with Crippen molar-refractivity contribution in [2.45, 2.75) is 13.5 Å². The van der Waals surface area contributed by atoms with Crippen molar-refractivity contribution < 1.29 is 4.42 Å². The molecule has 0 aliphatic rings. The number of aryl methyl sites for hydroxylation is 1. The molecule has 0 saturated heterocycles. The maximum absolute atomic E-state index is 6.18. The third kappa shape index (κ3) is 2.59. The van der Waals surface area contributed by atoms with E-state index in [1.807, 2.05) is 55.5 Å². The van der Waals surface area contributed by atoms with E-state index in [-0.39, 0.29) is 0 Å². The first kappa shape index (κ1) is 12.1. The molecule has 1 N–H and O–H groups in total. The number of benzene rings is 2. The van der Waals surface area contributed by atoms with Gasteiger partial charge in [-0.05, 0) is 36.8 Å². The lowest BCUT2D eigenvalue weighted by Gasteiger charge is -2.07. The van der Waals surface area contributed by atoms with Gasteiger partial charge in [0.25, 0.3) is 0 Å². The molecule has 0 amide bonds. The Labute approximate surface area is 117 Å². The molecule has 0 radical (unpaired) electrons. The summed E-state index contributed by atoms with van der Waals surface area (Å²) in [7, 11) is 0. The molecule has 3 rings (SSSR count). The molecule has 0 unspecified atom stereocenters. The van der Waals surface area contributed by atoms with Crippen LogP contribution in [0.4, 0.5) is 5.69 Å². The Kier molecular flexibility index (Phi) is 3.18. The van der Waals surface area contributed by atoms with Crippen molar-refractivity contribution in [2.75, 3.05) is 5.32 Å². The number of furan rings is 1. The van der Waals surface area contributed by atoms with Crippen LogP contribution < -0.4 is 5.32 Å². The number of rotatable bonds is 3. The summed E-state index contributed by atoms with van der Waals surface area (Å²) in [6, 6.07) is 16.0. The van der Waals surface area contributed by atoms with E-state index in [4.69, 9.17) is 16.0 Å². The summed E-state index contributed by atoms with van der Waals surface area (Å²) in [5, 5.41) is 5.14. The Bertz CT molecular complexity index is 685. The third-order valence-electron chi connectivity index (χ3n) is 3.05. The Morgan fingerprint density at radius 1 is 1.11 bits per heavy atom. The second-order valence-electron chi connectivity index (χ2n) is 4.59. The molecule has 0 bridgehead atoms. The van der Waals surface area contributed by atoms with Crippen LogP contribution in [0.5, 0.6) is 0 Å². The van der Waals surface area contributed by atoms with Gasteiger partial charge in [-0.1, -0.05) is 35.9 Å². The first-order valence-corrected chi connectivity index (χ1v) is 6.58. The van der Waals surface area contributed by atoms with Crippen LogP contribution >= 0.6 is 11.6 Å². The van der Waals surface area contributed by atoms with Crippen LogP contribution in [-0.4, -0.2) is 0 Å². The van der Waals surface area contributed by atoms with Gasteiger partial charge in [-0.15, -0.1) is 0 Å². The van der Waals surface area contributed by atoms with Crippen LogP contribution in [0.25, 0.3) is 11.0 Å². The van der Waals surface area contributed by atoms with E-state index in [1.54, 1.807) is 0 Å². The number of halogens is 1. The van der Waals surface area contributed by atoms with Crippen molar-refractivity contribution in [3.05, 3.63) is 64.9 Å². The standard InChI is InChI=1S/C16H14ClNO/c1-11-6-7-15(14(17)8-11)18-10-13-9-12-4-2-3-5-16(12)19-13/h2-9,18H,10H2,1H3. The Hall–Kier alpha value is -1.93. The van der Waals surface area contributed by atoms with E-state index < -0.39 is 0 Å². The predicted octanol–water partition coefficient (Wildman–Crippen LogP) is 5.01. The van der Waals surface area contributed by atoms with Crippen molar-refractivity contribution in [3.63, 3.8) is 0 Å². The lowest BCUT2D eigenvalue weighted by atomic mass is 10.2. The molecule has 0 aliphatic heterocycles. The fourth-order valence-corrected chi connectivity index (χ4v) is 2.37.